The van der Waals surface area contributed by atoms with Gasteiger partial charge in [0.1, 0.15) is 23.8 Å². The highest BCUT2D eigenvalue weighted by molar-refractivity contribution is 7.98. The number of carbonyl (C=O) groups excluding carboxylic acids is 1. The van der Waals surface area contributed by atoms with Crippen LogP contribution in [0.15, 0.2) is 51.9 Å². The van der Waals surface area contributed by atoms with Crippen molar-refractivity contribution in [3.05, 3.63) is 64.4 Å². The first kappa shape index (κ1) is 19.1. The van der Waals surface area contributed by atoms with E-state index in [9.17, 15) is 4.79 Å². The van der Waals surface area contributed by atoms with E-state index in [1.54, 1.807) is 18.7 Å². The molecule has 0 saturated carbocycles. The van der Waals surface area contributed by atoms with Crippen molar-refractivity contribution in [2.45, 2.75) is 36.8 Å². The largest absolute Gasteiger partial charge is 0.486 e. The summed E-state index contributed by atoms with van der Waals surface area (Å²) in [4.78, 5) is 12.5. The van der Waals surface area contributed by atoms with E-state index in [2.05, 4.69) is 11.2 Å². The van der Waals surface area contributed by atoms with E-state index in [-0.39, 0.29) is 12.4 Å². The van der Waals surface area contributed by atoms with E-state index in [1.807, 2.05) is 36.4 Å². The van der Waals surface area contributed by atoms with Crippen LogP contribution in [0.4, 0.5) is 0 Å². The van der Waals surface area contributed by atoms with Crippen LogP contribution in [0.1, 0.15) is 30.2 Å². The van der Waals surface area contributed by atoms with Gasteiger partial charge in [-0.3, -0.25) is 4.79 Å². The van der Waals surface area contributed by atoms with E-state index < -0.39 is 0 Å². The van der Waals surface area contributed by atoms with Crippen LogP contribution in [0.3, 0.4) is 0 Å². The fourth-order valence-electron chi connectivity index (χ4n) is 3.38. The molecule has 0 unspecified atom stereocenters. The molecule has 4 nitrogen and oxygen atoms in total. The lowest BCUT2D eigenvalue weighted by molar-refractivity contribution is -0.118. The molecule has 0 spiro atoms. The first-order valence-electron chi connectivity index (χ1n) is 9.21. The van der Waals surface area contributed by atoms with E-state index in [1.165, 1.54) is 16.0 Å². The molecule has 1 aromatic heterocycles. The van der Waals surface area contributed by atoms with Crippen LogP contribution in [0, 0.1) is 0 Å². The number of ether oxygens (including phenoxy) is 1. The van der Waals surface area contributed by atoms with Gasteiger partial charge in [0.2, 0.25) is 0 Å². The zero-order valence-electron chi connectivity index (χ0n) is 15.5. The van der Waals surface area contributed by atoms with Crippen molar-refractivity contribution in [1.82, 2.24) is 5.16 Å². The first-order chi connectivity index (χ1) is 13.6. The molecule has 1 aliphatic carbocycles. The van der Waals surface area contributed by atoms with E-state index in [0.717, 1.165) is 42.0 Å². The van der Waals surface area contributed by atoms with Crippen LogP contribution >= 0.6 is 23.4 Å². The third kappa shape index (κ3) is 4.26. The molecule has 0 fully saturated rings. The van der Waals surface area contributed by atoms with Gasteiger partial charge in [-0.2, -0.15) is 0 Å². The van der Waals surface area contributed by atoms with Crippen LogP contribution in [0.25, 0.3) is 11.3 Å². The topological polar surface area (TPSA) is 52.3 Å². The van der Waals surface area contributed by atoms with Gasteiger partial charge in [-0.25, -0.2) is 0 Å². The maximum absolute atomic E-state index is 11.2. The van der Waals surface area contributed by atoms with Gasteiger partial charge in [-0.15, -0.1) is 11.8 Å². The average Bonchev–Trinajstić information content (AvgIpc) is 3.35. The maximum atomic E-state index is 11.2. The van der Waals surface area contributed by atoms with Crippen LogP contribution in [0.2, 0.25) is 5.02 Å². The second-order valence-electron chi connectivity index (χ2n) is 6.84. The fourth-order valence-corrected chi connectivity index (χ4v) is 4.50. The molecule has 0 N–H and O–H groups in total. The number of Topliss-reactive ketones (excluding diaryl/α,β-unsaturated/α-hetero) is 1. The summed E-state index contributed by atoms with van der Waals surface area (Å²) in [5.74, 6) is 2.42. The number of hydrogen-bond donors (Lipinski definition) is 0. The highest BCUT2D eigenvalue weighted by Crippen LogP contribution is 2.39. The summed E-state index contributed by atoms with van der Waals surface area (Å²) in [6.07, 6.45) is 3.16. The Kier molecular flexibility index (Phi) is 5.74. The molecule has 4 rings (SSSR count). The van der Waals surface area contributed by atoms with Crippen molar-refractivity contribution >= 4 is 29.1 Å². The first-order valence-corrected chi connectivity index (χ1v) is 10.6. The molecule has 0 radical (unpaired) electrons. The maximum Gasteiger partial charge on any atom is 0.167 e. The molecule has 0 amide bonds. The minimum Gasteiger partial charge on any atom is -0.486 e. The minimum absolute atomic E-state index is 0.0343. The summed E-state index contributed by atoms with van der Waals surface area (Å²) < 4.78 is 11.2. The van der Waals surface area contributed by atoms with Crippen molar-refractivity contribution < 1.29 is 14.1 Å². The molecular formula is C22H20ClNO3S. The normalized spacial score (nSPS) is 12.8. The zero-order chi connectivity index (χ0) is 19.5. The summed E-state index contributed by atoms with van der Waals surface area (Å²) >= 11 is 7.69. The summed E-state index contributed by atoms with van der Waals surface area (Å²) in [5.41, 5.74) is 4.37. The average molecular weight is 414 g/mol. The Bertz CT molecular complexity index is 998. The number of hydrogen-bond acceptors (Lipinski definition) is 5. The fraction of sp³-hybridized carbons (Fsp3) is 0.273. The standard InChI is InChI=1S/C22H20ClNO3S/c1-14(25)12-26-21-9-10-22(19-4-2-3-18(19)21)28-13-17-11-20(24-27-17)15-5-7-16(23)8-6-15/h5-11H,2-4,12-13H2,1H3. The highest BCUT2D eigenvalue weighted by Gasteiger charge is 2.20. The minimum atomic E-state index is 0.0343. The van der Waals surface area contributed by atoms with Gasteiger partial charge in [0.05, 0.1) is 5.75 Å². The van der Waals surface area contributed by atoms with Gasteiger partial charge in [0.15, 0.2) is 5.78 Å². The summed E-state index contributed by atoms with van der Waals surface area (Å²) in [5, 5.41) is 4.87. The number of halogens is 1. The predicted octanol–water partition coefficient (Wildman–Crippen LogP) is 5.74. The molecule has 1 aliphatic rings. The number of fused-ring (bicyclic) bond motifs is 1. The molecule has 6 heteroatoms. The Hall–Kier alpha value is -2.24. The Morgan fingerprint density at radius 3 is 2.75 bits per heavy atom. The molecule has 0 bridgehead atoms. The Balaban J connectivity index is 1.46. The summed E-state index contributed by atoms with van der Waals surface area (Å²) in [6.45, 7) is 1.67. The van der Waals surface area contributed by atoms with Gasteiger partial charge in [-0.05, 0) is 61.6 Å². The molecule has 3 aromatic rings. The molecule has 1 heterocycles. The van der Waals surface area contributed by atoms with Gasteiger partial charge in [-0.1, -0.05) is 28.9 Å². The van der Waals surface area contributed by atoms with Gasteiger partial charge in [0.25, 0.3) is 0 Å². The second kappa shape index (κ2) is 8.41. The SMILES string of the molecule is CC(=O)COc1ccc(SCc2cc(-c3ccc(Cl)cc3)no2)c2c1CCC2. The number of carbonyl (C=O) groups is 1. The van der Waals surface area contributed by atoms with Crippen molar-refractivity contribution in [1.29, 1.82) is 0 Å². The number of ketones is 1. The third-order valence-electron chi connectivity index (χ3n) is 4.70. The lowest BCUT2D eigenvalue weighted by Gasteiger charge is -2.13. The summed E-state index contributed by atoms with van der Waals surface area (Å²) in [7, 11) is 0. The van der Waals surface area contributed by atoms with Crippen LogP contribution < -0.4 is 4.74 Å². The molecule has 2 aromatic carbocycles. The number of benzene rings is 2. The number of thioether (sulfide) groups is 1. The van der Waals surface area contributed by atoms with Crippen LogP contribution in [-0.2, 0) is 23.4 Å². The van der Waals surface area contributed by atoms with Crippen molar-refractivity contribution in [2.75, 3.05) is 6.61 Å². The molecule has 144 valence electrons. The Morgan fingerprint density at radius 1 is 1.18 bits per heavy atom. The van der Waals surface area contributed by atoms with Crippen molar-refractivity contribution in [3.63, 3.8) is 0 Å². The van der Waals surface area contributed by atoms with Gasteiger partial charge in [0, 0.05) is 21.5 Å². The van der Waals surface area contributed by atoms with Gasteiger partial charge < -0.3 is 9.26 Å². The van der Waals surface area contributed by atoms with E-state index in [0.29, 0.717) is 10.8 Å². The van der Waals surface area contributed by atoms with Crippen molar-refractivity contribution in [2.24, 2.45) is 0 Å². The molecular weight excluding hydrogens is 394 g/mol. The smallest absolute Gasteiger partial charge is 0.167 e. The number of aromatic nitrogens is 1. The number of rotatable bonds is 7. The monoisotopic (exact) mass is 413 g/mol. The Morgan fingerprint density at radius 2 is 1.96 bits per heavy atom. The number of nitrogens with zero attached hydrogens (tertiary/aromatic N) is 1. The Labute approximate surface area is 173 Å². The lowest BCUT2D eigenvalue weighted by Crippen LogP contribution is -2.08. The van der Waals surface area contributed by atoms with E-state index in [4.69, 9.17) is 20.9 Å². The van der Waals surface area contributed by atoms with E-state index >= 15 is 0 Å². The third-order valence-corrected chi connectivity index (χ3v) is 6.07. The lowest BCUT2D eigenvalue weighted by atomic mass is 10.1. The van der Waals surface area contributed by atoms with Crippen molar-refractivity contribution in [3.8, 4) is 17.0 Å². The second-order valence-corrected chi connectivity index (χ2v) is 8.29. The van der Waals surface area contributed by atoms with Gasteiger partial charge >= 0.3 is 0 Å². The molecule has 0 atom stereocenters. The predicted molar refractivity (Wildman–Crippen MR) is 111 cm³/mol. The molecule has 28 heavy (non-hydrogen) atoms. The zero-order valence-corrected chi connectivity index (χ0v) is 17.1. The molecule has 0 aliphatic heterocycles. The highest BCUT2D eigenvalue weighted by atomic mass is 35.5. The summed E-state index contributed by atoms with van der Waals surface area (Å²) in [6, 6.07) is 13.6. The van der Waals surface area contributed by atoms with Crippen LogP contribution in [0.5, 0.6) is 5.75 Å². The molecule has 0 saturated heterocycles. The quantitative estimate of drug-likeness (QED) is 0.462. The van der Waals surface area contributed by atoms with Crippen LogP contribution in [-0.4, -0.2) is 17.5 Å².